The van der Waals surface area contributed by atoms with Crippen LogP contribution in [0.4, 0.5) is 9.18 Å². The zero-order chi connectivity index (χ0) is 9.14. The summed E-state index contributed by atoms with van der Waals surface area (Å²) in [7, 11) is 1.69. The van der Waals surface area contributed by atoms with Crippen LogP contribution in [0.3, 0.4) is 0 Å². The van der Waals surface area contributed by atoms with Gasteiger partial charge in [-0.1, -0.05) is 0 Å². The second kappa shape index (κ2) is 3.71. The lowest BCUT2D eigenvalue weighted by molar-refractivity contribution is 0.0906. The summed E-state index contributed by atoms with van der Waals surface area (Å²) in [6.07, 6.45) is -1.57. The Hall–Kier alpha value is -0.840. The van der Waals surface area contributed by atoms with Gasteiger partial charge in [-0.25, -0.2) is 9.18 Å². The van der Waals surface area contributed by atoms with E-state index in [1.165, 1.54) is 0 Å². The van der Waals surface area contributed by atoms with E-state index in [1.807, 2.05) is 0 Å². The molecule has 0 aromatic heterocycles. The number of nitrogens with zero attached hydrogens (tertiary/aromatic N) is 1. The number of amides is 1. The number of hydrogen-bond acceptors (Lipinski definition) is 2. The molecule has 70 valence electrons. The summed E-state index contributed by atoms with van der Waals surface area (Å²) in [6, 6.07) is -0.194. The van der Waals surface area contributed by atoms with Crippen molar-refractivity contribution in [3.8, 4) is 0 Å². The van der Waals surface area contributed by atoms with Crippen molar-refractivity contribution in [2.24, 2.45) is 0 Å². The zero-order valence-corrected chi connectivity index (χ0v) is 6.96. The minimum Gasteiger partial charge on any atom is -0.465 e. The Kier molecular flexibility index (Phi) is 2.86. The van der Waals surface area contributed by atoms with Gasteiger partial charge in [-0.2, -0.15) is 0 Å². The smallest absolute Gasteiger partial charge is 0.407 e. The molecule has 1 saturated heterocycles. The highest BCUT2D eigenvalue weighted by Crippen LogP contribution is 2.13. The molecule has 1 aliphatic rings. The first-order valence-corrected chi connectivity index (χ1v) is 3.94. The van der Waals surface area contributed by atoms with E-state index in [-0.39, 0.29) is 12.6 Å². The van der Waals surface area contributed by atoms with E-state index in [9.17, 15) is 9.18 Å². The molecule has 1 fully saturated rings. The fourth-order valence-corrected chi connectivity index (χ4v) is 1.40. The molecule has 1 aliphatic heterocycles. The van der Waals surface area contributed by atoms with E-state index in [1.54, 1.807) is 7.05 Å². The fourth-order valence-electron chi connectivity index (χ4n) is 1.40. The van der Waals surface area contributed by atoms with Gasteiger partial charge in [0.15, 0.2) is 0 Å². The Bertz CT molecular complexity index is 177. The second-order valence-electron chi connectivity index (χ2n) is 2.93. The van der Waals surface area contributed by atoms with Gasteiger partial charge in [0, 0.05) is 12.6 Å². The Labute approximate surface area is 70.4 Å². The lowest BCUT2D eigenvalue weighted by Gasteiger charge is -2.32. The van der Waals surface area contributed by atoms with Crippen LogP contribution in [0.2, 0.25) is 0 Å². The van der Waals surface area contributed by atoms with E-state index < -0.39 is 12.3 Å². The third-order valence-corrected chi connectivity index (χ3v) is 2.18. The average molecular weight is 176 g/mol. The number of halogens is 1. The highest BCUT2D eigenvalue weighted by Gasteiger charge is 2.29. The summed E-state index contributed by atoms with van der Waals surface area (Å²) in [6.45, 7) is 0.405. The first-order chi connectivity index (χ1) is 5.65. The molecular weight excluding hydrogens is 163 g/mol. The van der Waals surface area contributed by atoms with Gasteiger partial charge in [0.05, 0.1) is 6.54 Å². The molecule has 1 rings (SSSR count). The minimum absolute atomic E-state index is 0.0131. The first kappa shape index (κ1) is 9.25. The van der Waals surface area contributed by atoms with E-state index in [2.05, 4.69) is 5.32 Å². The Morgan fingerprint density at radius 2 is 2.42 bits per heavy atom. The Balaban J connectivity index is 2.46. The molecule has 0 aromatic carbocycles. The maximum absolute atomic E-state index is 13.1. The maximum atomic E-state index is 13.1. The summed E-state index contributed by atoms with van der Waals surface area (Å²) in [5, 5.41) is 11.4. The van der Waals surface area contributed by atoms with Crippen LogP contribution in [0.25, 0.3) is 0 Å². The number of carbonyl (C=O) groups is 1. The minimum atomic E-state index is -1.08. The highest BCUT2D eigenvalue weighted by atomic mass is 19.1. The number of piperidine rings is 1. The van der Waals surface area contributed by atoms with Crippen molar-refractivity contribution in [3.05, 3.63) is 0 Å². The third-order valence-electron chi connectivity index (χ3n) is 2.18. The van der Waals surface area contributed by atoms with Gasteiger partial charge in [-0.15, -0.1) is 0 Å². The second-order valence-corrected chi connectivity index (χ2v) is 2.93. The summed E-state index contributed by atoms with van der Waals surface area (Å²) >= 11 is 0. The van der Waals surface area contributed by atoms with E-state index >= 15 is 0 Å². The Morgan fingerprint density at radius 3 is 2.83 bits per heavy atom. The van der Waals surface area contributed by atoms with E-state index in [0.29, 0.717) is 13.0 Å². The molecule has 0 aromatic rings. The molecule has 12 heavy (non-hydrogen) atoms. The summed E-state index contributed by atoms with van der Waals surface area (Å²) < 4.78 is 13.1. The molecule has 1 heterocycles. The molecule has 0 unspecified atom stereocenters. The highest BCUT2D eigenvalue weighted by molar-refractivity contribution is 5.65. The number of alkyl halides is 1. The SMILES string of the molecule is CN[C@H]1CCN(C(=O)O)C[C@@H]1F. The molecule has 0 bridgehead atoms. The van der Waals surface area contributed by atoms with Gasteiger partial charge in [0.2, 0.25) is 0 Å². The molecule has 4 nitrogen and oxygen atoms in total. The van der Waals surface area contributed by atoms with Crippen LogP contribution in [0.5, 0.6) is 0 Å². The molecule has 2 atom stereocenters. The van der Waals surface area contributed by atoms with E-state index in [4.69, 9.17) is 5.11 Å². The molecule has 5 heteroatoms. The molecule has 2 N–H and O–H groups in total. The van der Waals surface area contributed by atoms with Crippen molar-refractivity contribution < 1.29 is 14.3 Å². The molecule has 0 aliphatic carbocycles. The number of rotatable bonds is 1. The standard InChI is InChI=1S/C7H13FN2O2/c1-9-6-2-3-10(7(11)12)4-5(6)8/h5-6,9H,2-4H2,1H3,(H,11,12)/t5-,6-/m0/s1. The Morgan fingerprint density at radius 1 is 1.75 bits per heavy atom. The zero-order valence-electron chi connectivity index (χ0n) is 6.96. The average Bonchev–Trinajstić information content (AvgIpc) is 2.04. The van der Waals surface area contributed by atoms with Crippen molar-refractivity contribution in [3.63, 3.8) is 0 Å². The molecule has 1 amide bonds. The van der Waals surface area contributed by atoms with Gasteiger partial charge >= 0.3 is 6.09 Å². The lowest BCUT2D eigenvalue weighted by atomic mass is 10.0. The molecule has 0 saturated carbocycles. The third kappa shape index (κ3) is 1.85. The monoisotopic (exact) mass is 176 g/mol. The molecular formula is C7H13FN2O2. The topological polar surface area (TPSA) is 52.6 Å². The van der Waals surface area contributed by atoms with Crippen molar-refractivity contribution in [1.82, 2.24) is 10.2 Å². The number of hydrogen-bond donors (Lipinski definition) is 2. The number of likely N-dealkylation sites (tertiary alicyclic amines) is 1. The van der Waals surface area contributed by atoms with Crippen molar-refractivity contribution in [2.75, 3.05) is 20.1 Å². The van der Waals surface area contributed by atoms with Crippen LogP contribution in [0.1, 0.15) is 6.42 Å². The predicted octanol–water partition coefficient (Wildman–Crippen LogP) is 0.296. The van der Waals surface area contributed by atoms with Crippen LogP contribution < -0.4 is 5.32 Å². The van der Waals surface area contributed by atoms with E-state index in [0.717, 1.165) is 4.90 Å². The van der Waals surface area contributed by atoms with Gasteiger partial charge in [0.25, 0.3) is 0 Å². The quantitative estimate of drug-likeness (QED) is 0.604. The summed E-state index contributed by atoms with van der Waals surface area (Å²) in [5.41, 5.74) is 0. The van der Waals surface area contributed by atoms with Gasteiger partial charge in [-0.05, 0) is 13.5 Å². The number of nitrogens with one attached hydrogen (secondary N) is 1. The van der Waals surface area contributed by atoms with Gasteiger partial charge in [0.1, 0.15) is 6.17 Å². The summed E-state index contributed by atoms with van der Waals surface area (Å²) in [5.74, 6) is 0. The van der Waals surface area contributed by atoms with Gasteiger partial charge < -0.3 is 15.3 Å². The van der Waals surface area contributed by atoms with Crippen LogP contribution in [-0.4, -0.2) is 48.5 Å². The molecule has 0 spiro atoms. The summed E-state index contributed by atoms with van der Waals surface area (Å²) in [4.78, 5) is 11.5. The largest absolute Gasteiger partial charge is 0.465 e. The van der Waals surface area contributed by atoms with Crippen LogP contribution >= 0.6 is 0 Å². The first-order valence-electron chi connectivity index (χ1n) is 3.94. The fraction of sp³-hybridized carbons (Fsp3) is 0.857. The van der Waals surface area contributed by atoms with Crippen LogP contribution in [0, 0.1) is 0 Å². The molecule has 0 radical (unpaired) electrons. The predicted molar refractivity (Wildman–Crippen MR) is 42.0 cm³/mol. The van der Waals surface area contributed by atoms with Crippen molar-refractivity contribution in [2.45, 2.75) is 18.6 Å². The van der Waals surface area contributed by atoms with Crippen molar-refractivity contribution in [1.29, 1.82) is 0 Å². The number of carboxylic acid groups (broad SMARTS) is 1. The lowest BCUT2D eigenvalue weighted by Crippen LogP contribution is -2.51. The van der Waals surface area contributed by atoms with Crippen LogP contribution in [0.15, 0.2) is 0 Å². The normalized spacial score (nSPS) is 30.3. The maximum Gasteiger partial charge on any atom is 0.407 e. The van der Waals surface area contributed by atoms with Crippen LogP contribution in [-0.2, 0) is 0 Å². The van der Waals surface area contributed by atoms with Crippen molar-refractivity contribution >= 4 is 6.09 Å². The van der Waals surface area contributed by atoms with Gasteiger partial charge in [-0.3, -0.25) is 0 Å².